The van der Waals surface area contributed by atoms with Crippen molar-refractivity contribution in [3.05, 3.63) is 81.5 Å². The molecule has 7 saturated carbocycles. The highest BCUT2D eigenvalue weighted by Gasteiger charge is 2.34. The minimum absolute atomic E-state index is 0.0575. The van der Waals surface area contributed by atoms with Crippen molar-refractivity contribution >= 4 is 161 Å². The van der Waals surface area contributed by atoms with E-state index in [4.69, 9.17) is 121 Å². The Morgan fingerprint density at radius 1 is 0.427 bits per heavy atom. The number of allylic oxidation sites excluding steroid dienone is 1. The molecule has 9 aromatic rings. The van der Waals surface area contributed by atoms with Gasteiger partial charge >= 0.3 is 12.2 Å². The first-order valence-electron chi connectivity index (χ1n) is 51.7. The Labute approximate surface area is 876 Å². The van der Waals surface area contributed by atoms with Gasteiger partial charge in [0.25, 0.3) is 0 Å². The molecule has 2 amide bonds. The molecule has 0 saturated heterocycles. The van der Waals surface area contributed by atoms with Gasteiger partial charge in [0.1, 0.15) is 45.1 Å². The van der Waals surface area contributed by atoms with Crippen molar-refractivity contribution in [1.82, 2.24) is 113 Å². The van der Waals surface area contributed by atoms with Gasteiger partial charge in [0.05, 0.1) is 31.0 Å². The number of fused-ring (bicyclic) bond motifs is 5. The standard InChI is InChI=1S/C28H47N7O2.C23H39N7.C19H29ClN6O2.C8H8Cl2N4.C8H18N2.C7H15N.C6H3Cl2N3.C3H3ClO/c1-18(2)35-17-29-24-25(30-20-9-8-10-21(16-20)31-27(36)37-28(3,4)5)32-23(33-26(24)35)15-19-11-13-22(14-12-19)34(6)7;1-15(2)30-14-25-21-22(26-18-7-5-6-17(24)13-18)27-20(28-23(21)30)12-16-8-10-19(11-9-16)29(3)4;1-11(2)26-10-21-14-15(24-17(20)25-16(14)26)22-12-7-6-8-13(9-12)23-18(27)28-19(3,4)5;1-4(2)14-3-11-5-6(9)12-8(10)13-7(5)14;1-10(2)8-5-3-7(9)4-6-8;1-6-3-2-4-7(8)5-6;7-5-4-3(1-2-9-4)10-6(8)11-5;1-2-3(4)5/h17-22H,8-16H2,1-7H3,(H,31,36)(H,30,32,33);14-19H,5-13,24H2,1-4H3,(H,26,27,28);10-13H,6-9H2,1-5H3,(H,23,27)(H,22,24,25);3-4H,1-2H3;7-8H,3-6,9H2,1-2H3;6-7H,2-5,8H2,1H3;2H,1H2;2H,1H2. The molecule has 143 heavy (non-hydrogen) atoms. The van der Waals surface area contributed by atoms with E-state index in [-0.39, 0.29) is 76.4 Å². The van der Waals surface area contributed by atoms with Crippen LogP contribution < -0.4 is 43.8 Å². The van der Waals surface area contributed by atoms with Gasteiger partial charge in [-0.05, 0) is 376 Å². The molecule has 792 valence electrons. The summed E-state index contributed by atoms with van der Waals surface area (Å²) >= 11 is 33.7. The summed E-state index contributed by atoms with van der Waals surface area (Å²) in [6.45, 7) is 33.5. The molecule has 17 rings (SSSR count). The van der Waals surface area contributed by atoms with E-state index in [1.807, 2.05) is 77.2 Å². The number of aliphatic imine (C=N–C) groups is 1. The molecule has 0 aromatic carbocycles. The summed E-state index contributed by atoms with van der Waals surface area (Å²) < 4.78 is 19.0. The molecule has 8 aliphatic rings. The number of hydrogen-bond acceptors (Lipinski definition) is 29. The van der Waals surface area contributed by atoms with Gasteiger partial charge in [0, 0.05) is 116 Å². The second-order valence-electron chi connectivity index (χ2n) is 43.6. The van der Waals surface area contributed by atoms with Gasteiger partial charge in [-0.25, -0.2) is 64.4 Å². The van der Waals surface area contributed by atoms with Crippen molar-refractivity contribution < 1.29 is 23.9 Å². The number of aromatic nitrogens is 18. The number of anilines is 3. The van der Waals surface area contributed by atoms with Crippen molar-refractivity contribution in [2.45, 2.75) is 405 Å². The first-order valence-corrected chi connectivity index (χ1v) is 53.9. The zero-order valence-electron chi connectivity index (χ0n) is 88.4. The smallest absolute Gasteiger partial charge is 0.407 e. The Hall–Kier alpha value is -8.20. The molecule has 1 aliphatic heterocycles. The molecular weight excluding hydrogens is 1940 g/mol. The number of alkyl carbamates (subject to hydrolysis) is 2. The van der Waals surface area contributed by atoms with Crippen LogP contribution >= 0.6 is 69.6 Å². The Balaban J connectivity index is 0.000000180. The number of carbonyl (C=O) groups is 3. The molecule has 7 aliphatic carbocycles. The Kier molecular flexibility index (Phi) is 45.0. The monoisotopic (exact) mass is 2100 g/mol. The molecule has 35 nitrogen and oxygen atoms in total. The fourth-order valence-electron chi connectivity index (χ4n) is 19.7. The Morgan fingerprint density at radius 2 is 0.762 bits per heavy atom. The molecule has 8 atom stereocenters. The van der Waals surface area contributed by atoms with Crippen LogP contribution in [0.1, 0.15) is 325 Å². The maximum absolute atomic E-state index is 12.3. The van der Waals surface area contributed by atoms with Gasteiger partial charge < -0.3 is 86.2 Å². The Morgan fingerprint density at radius 3 is 1.13 bits per heavy atom. The zero-order chi connectivity index (χ0) is 104. The lowest BCUT2D eigenvalue weighted by Crippen LogP contribution is -2.44. The van der Waals surface area contributed by atoms with Crippen LogP contribution in [-0.2, 0) is 33.5 Å². The number of nitrogens with one attached hydrogen (secondary N) is 5. The number of hydrogen-bond donors (Lipinski definition) is 8. The predicted molar refractivity (Wildman–Crippen MR) is 581 cm³/mol. The van der Waals surface area contributed by atoms with Crippen LogP contribution in [0.2, 0.25) is 26.2 Å². The number of nitrogens with zero attached hydrogens (tertiary/aromatic N) is 22. The summed E-state index contributed by atoms with van der Waals surface area (Å²) in [5, 5.41) is 17.5. The number of halogens is 6. The van der Waals surface area contributed by atoms with Crippen molar-refractivity contribution in [1.29, 1.82) is 0 Å². The average molecular weight is 2100 g/mol. The molecule has 41 heteroatoms. The van der Waals surface area contributed by atoms with Crippen molar-refractivity contribution in [3.8, 4) is 0 Å². The second-order valence-corrected chi connectivity index (χ2v) is 45.7. The van der Waals surface area contributed by atoms with Gasteiger partial charge in [0.2, 0.25) is 21.1 Å². The maximum atomic E-state index is 12.3. The summed E-state index contributed by atoms with van der Waals surface area (Å²) in [5.74, 6) is 6.40. The van der Waals surface area contributed by atoms with Crippen LogP contribution in [0, 0.1) is 17.8 Å². The number of imidazole rings is 4. The highest BCUT2D eigenvalue weighted by Crippen LogP contribution is 2.38. The van der Waals surface area contributed by atoms with Crippen LogP contribution in [-0.4, -0.2) is 246 Å². The molecule has 10 heterocycles. The lowest BCUT2D eigenvalue weighted by atomic mass is 9.83. The lowest BCUT2D eigenvalue weighted by Gasteiger charge is -2.32. The number of rotatable bonds is 20. The molecule has 7 fully saturated rings. The molecule has 8 unspecified atom stereocenters. The van der Waals surface area contributed by atoms with E-state index < -0.39 is 16.4 Å². The minimum Gasteiger partial charge on any atom is -0.444 e. The number of nitrogens with two attached hydrogens (primary N) is 3. The minimum atomic E-state index is -0.509. The van der Waals surface area contributed by atoms with Crippen LogP contribution in [0.5, 0.6) is 0 Å². The third-order valence-corrected chi connectivity index (χ3v) is 28.7. The van der Waals surface area contributed by atoms with E-state index in [2.05, 4.69) is 198 Å². The third kappa shape index (κ3) is 36.7. The molecule has 0 radical (unpaired) electrons. The molecule has 0 bridgehead atoms. The zero-order valence-corrected chi connectivity index (χ0v) is 92.9. The first kappa shape index (κ1) is 117. The topological polar surface area (TPSA) is 430 Å². The first-order chi connectivity index (χ1) is 67.6. The van der Waals surface area contributed by atoms with Gasteiger partial charge in [0.15, 0.2) is 55.9 Å². The summed E-state index contributed by atoms with van der Waals surface area (Å²) in [4.78, 5) is 107. The second kappa shape index (κ2) is 55.2. The highest BCUT2D eigenvalue weighted by molar-refractivity contribution is 6.66. The van der Waals surface area contributed by atoms with Crippen LogP contribution in [0.15, 0.2) is 43.0 Å². The van der Waals surface area contributed by atoms with Crippen LogP contribution in [0.25, 0.3) is 44.7 Å². The molecule has 11 N–H and O–H groups in total. The quantitative estimate of drug-likeness (QED) is 0.0152. The van der Waals surface area contributed by atoms with Crippen molar-refractivity contribution in [2.24, 2.45) is 39.9 Å². The maximum Gasteiger partial charge on any atom is 0.407 e. The average Bonchev–Trinajstić information content (AvgIpc) is 1.66. The van der Waals surface area contributed by atoms with Gasteiger partial charge in [-0.3, -0.25) is 9.79 Å². The lowest BCUT2D eigenvalue weighted by molar-refractivity contribution is -0.107. The van der Waals surface area contributed by atoms with Crippen molar-refractivity contribution in [2.75, 3.05) is 58.2 Å². The SMILES string of the molecule is C=CC(=O)Cl.CC(C)n1cnc2c(Cl)nc(Cl)nc21.CC(C)n1cnc2c(NC3CCCC(N)C3)nc(CC3CCC(N(C)C)CC3)nc21.CC(C)n1cnc2c(NC3CCCC(NC(=O)OC(C)(C)C)C3)nc(CC3CCC(N(C)C)CC3)nc21.CC(C)n1cnc2c(NC3CCCC(NC(=O)OC(C)(C)C)C3)nc(Cl)nc21.CC1CCCC(N)C1.CN(C)C1CCC(N)CC1.Clc1nc(Cl)c2c(n1)CC=N2. The fourth-order valence-corrected chi connectivity index (χ4v) is 20.8. The Bertz CT molecular complexity index is 5540. The summed E-state index contributed by atoms with van der Waals surface area (Å²) in [7, 11) is 13.1. The van der Waals surface area contributed by atoms with Crippen LogP contribution in [0.3, 0.4) is 0 Å². The van der Waals surface area contributed by atoms with Crippen LogP contribution in [0.4, 0.5) is 32.7 Å². The number of carbonyl (C=O) groups excluding carboxylic acids is 3. The number of amides is 2. The summed E-state index contributed by atoms with van der Waals surface area (Å²) in [5.41, 5.74) is 24.4. The molecule has 9 aromatic heterocycles. The van der Waals surface area contributed by atoms with E-state index in [9.17, 15) is 14.4 Å². The summed E-state index contributed by atoms with van der Waals surface area (Å²) in [6, 6.07) is 5.45. The van der Waals surface area contributed by atoms with E-state index in [1.165, 1.54) is 109 Å². The third-order valence-electron chi connectivity index (χ3n) is 27.5. The van der Waals surface area contributed by atoms with Gasteiger partial charge in [-0.2, -0.15) is 15.0 Å². The molecular formula is C102H162Cl6N30O5. The van der Waals surface area contributed by atoms with Crippen molar-refractivity contribution in [3.63, 3.8) is 0 Å². The van der Waals surface area contributed by atoms with Gasteiger partial charge in [-0.15, -0.1) is 0 Å². The largest absolute Gasteiger partial charge is 0.444 e. The fraction of sp³-hybridized carbons (Fsp3) is 0.706. The van der Waals surface area contributed by atoms with E-state index in [0.29, 0.717) is 87.0 Å². The summed E-state index contributed by atoms with van der Waals surface area (Å²) in [6.07, 6.45) is 44.1. The normalized spacial score (nSPS) is 23.4. The highest BCUT2D eigenvalue weighted by atomic mass is 35.5. The molecule has 0 spiro atoms. The van der Waals surface area contributed by atoms with E-state index >= 15 is 0 Å². The van der Waals surface area contributed by atoms with E-state index in [0.717, 1.165) is 165 Å². The van der Waals surface area contributed by atoms with E-state index in [1.54, 1.807) is 18.9 Å². The number of ether oxygens (including phenoxy) is 2. The van der Waals surface area contributed by atoms with Gasteiger partial charge in [-0.1, -0.05) is 49.5 Å². The predicted octanol–water partition coefficient (Wildman–Crippen LogP) is 21.4.